The molecule has 0 bridgehead atoms. The fourth-order valence-electron chi connectivity index (χ4n) is 3.48. The van der Waals surface area contributed by atoms with E-state index in [4.69, 9.17) is 15.9 Å². The summed E-state index contributed by atoms with van der Waals surface area (Å²) in [5.74, 6) is -2.74. The van der Waals surface area contributed by atoms with Gasteiger partial charge >= 0.3 is 11.9 Å². The van der Waals surface area contributed by atoms with E-state index in [1.54, 1.807) is 0 Å². The largest absolute Gasteiger partial charge is 0.480 e. The van der Waals surface area contributed by atoms with Crippen LogP contribution in [0.1, 0.15) is 24.0 Å². The second-order valence-electron chi connectivity index (χ2n) is 6.74. The number of carbonyl (C=O) groups is 3. The molecule has 4 N–H and O–H groups in total. The van der Waals surface area contributed by atoms with E-state index in [1.165, 1.54) is 4.90 Å². The molecule has 8 heteroatoms. The molecule has 2 aromatic rings. The summed E-state index contributed by atoms with van der Waals surface area (Å²) >= 11 is 3.39. The second kappa shape index (κ2) is 10.2. The molecule has 1 amide bonds. The predicted molar refractivity (Wildman–Crippen MR) is 112 cm³/mol. The quantitative estimate of drug-likeness (QED) is 0.471. The van der Waals surface area contributed by atoms with E-state index in [0.29, 0.717) is 12.8 Å². The van der Waals surface area contributed by atoms with Crippen molar-refractivity contribution in [2.45, 2.75) is 18.3 Å². The van der Waals surface area contributed by atoms with E-state index < -0.39 is 23.3 Å². The molecule has 0 saturated heterocycles. The Morgan fingerprint density at radius 1 is 0.897 bits per heavy atom. The number of primary amides is 1. The van der Waals surface area contributed by atoms with Gasteiger partial charge in [0, 0.05) is 4.47 Å². The third kappa shape index (κ3) is 5.88. The highest BCUT2D eigenvalue weighted by atomic mass is 79.9. The molecule has 2 rings (SSSR count). The van der Waals surface area contributed by atoms with Crippen LogP contribution in [-0.4, -0.2) is 52.6 Å². The van der Waals surface area contributed by atoms with Crippen molar-refractivity contribution in [1.82, 2.24) is 4.90 Å². The first-order chi connectivity index (χ1) is 13.8. The van der Waals surface area contributed by atoms with Crippen LogP contribution < -0.4 is 5.73 Å². The fourth-order valence-corrected chi connectivity index (χ4v) is 3.75. The van der Waals surface area contributed by atoms with Crippen molar-refractivity contribution in [1.29, 1.82) is 0 Å². The van der Waals surface area contributed by atoms with E-state index >= 15 is 0 Å². The number of nitrogens with two attached hydrogens (primary N) is 1. The molecule has 0 aliphatic carbocycles. The number of aliphatic carboxylic acids is 2. The van der Waals surface area contributed by atoms with Crippen LogP contribution in [0.2, 0.25) is 0 Å². The second-order valence-corrected chi connectivity index (χ2v) is 7.66. The topological polar surface area (TPSA) is 121 Å². The minimum atomic E-state index is -1.11. The first-order valence-corrected chi connectivity index (χ1v) is 9.82. The third-order valence-electron chi connectivity index (χ3n) is 4.77. The maximum Gasteiger partial charge on any atom is 0.317 e. The Morgan fingerprint density at radius 2 is 1.41 bits per heavy atom. The van der Waals surface area contributed by atoms with Crippen LogP contribution in [0.4, 0.5) is 0 Å². The van der Waals surface area contributed by atoms with Crippen molar-refractivity contribution in [3.63, 3.8) is 0 Å². The van der Waals surface area contributed by atoms with Gasteiger partial charge in [0.2, 0.25) is 5.91 Å². The number of hydrogen-bond acceptors (Lipinski definition) is 4. The number of amides is 1. The molecule has 0 aliphatic rings. The molecule has 154 valence electrons. The Labute approximate surface area is 177 Å². The molecule has 2 aromatic carbocycles. The maximum atomic E-state index is 12.7. The van der Waals surface area contributed by atoms with Crippen molar-refractivity contribution in [3.8, 4) is 0 Å². The highest BCUT2D eigenvalue weighted by Gasteiger charge is 2.40. The lowest BCUT2D eigenvalue weighted by atomic mass is 9.70. The minimum Gasteiger partial charge on any atom is -0.480 e. The van der Waals surface area contributed by atoms with Crippen molar-refractivity contribution in [2.75, 3.05) is 19.6 Å². The van der Waals surface area contributed by atoms with Crippen LogP contribution in [-0.2, 0) is 19.8 Å². The Bertz CT molecular complexity index is 841. The summed E-state index contributed by atoms with van der Waals surface area (Å²) in [6.45, 7) is -0.573. The molecule has 0 aliphatic heterocycles. The molecule has 7 nitrogen and oxygen atoms in total. The average Bonchev–Trinajstić information content (AvgIpc) is 2.65. The fraction of sp³-hybridized carbons (Fsp3) is 0.286. The van der Waals surface area contributed by atoms with Gasteiger partial charge < -0.3 is 15.9 Å². The minimum absolute atomic E-state index is 0.205. The van der Waals surface area contributed by atoms with Crippen LogP contribution in [0.5, 0.6) is 0 Å². The van der Waals surface area contributed by atoms with Gasteiger partial charge in [-0.2, -0.15) is 0 Å². The van der Waals surface area contributed by atoms with E-state index in [9.17, 15) is 14.4 Å². The number of rotatable bonds is 11. The van der Waals surface area contributed by atoms with Gasteiger partial charge in [-0.25, -0.2) is 0 Å². The number of benzene rings is 2. The molecule has 0 fully saturated rings. The van der Waals surface area contributed by atoms with Gasteiger partial charge in [0.25, 0.3) is 0 Å². The highest BCUT2D eigenvalue weighted by Crippen LogP contribution is 2.37. The van der Waals surface area contributed by atoms with Crippen molar-refractivity contribution >= 4 is 33.8 Å². The Morgan fingerprint density at radius 3 is 1.90 bits per heavy atom. The summed E-state index contributed by atoms with van der Waals surface area (Å²) in [4.78, 5) is 36.1. The van der Waals surface area contributed by atoms with Gasteiger partial charge in [-0.15, -0.1) is 0 Å². The lowest BCUT2D eigenvalue weighted by Gasteiger charge is -2.33. The summed E-state index contributed by atoms with van der Waals surface area (Å²) in [5.41, 5.74) is 6.25. The predicted octanol–water partition coefficient (Wildman–Crippen LogP) is 2.47. The van der Waals surface area contributed by atoms with Crippen molar-refractivity contribution < 1.29 is 24.6 Å². The lowest BCUT2D eigenvalue weighted by molar-refractivity contribution is -0.142. The zero-order valence-corrected chi connectivity index (χ0v) is 17.3. The summed E-state index contributed by atoms with van der Waals surface area (Å²) in [7, 11) is 0. The number of halogens is 1. The van der Waals surface area contributed by atoms with Crippen molar-refractivity contribution in [3.05, 3.63) is 70.2 Å². The van der Waals surface area contributed by atoms with Gasteiger partial charge in [0.05, 0.1) is 18.5 Å². The zero-order chi connectivity index (χ0) is 21.4. The van der Waals surface area contributed by atoms with E-state index in [0.717, 1.165) is 15.6 Å². The first kappa shape index (κ1) is 22.6. The third-order valence-corrected chi connectivity index (χ3v) is 5.30. The van der Waals surface area contributed by atoms with E-state index in [2.05, 4.69) is 15.9 Å². The maximum absolute atomic E-state index is 12.7. The van der Waals surface area contributed by atoms with Crippen LogP contribution in [0.3, 0.4) is 0 Å². The summed E-state index contributed by atoms with van der Waals surface area (Å²) < 4.78 is 0.863. The Balaban J connectivity index is 2.35. The molecule has 0 radical (unpaired) electrons. The highest BCUT2D eigenvalue weighted by molar-refractivity contribution is 9.10. The van der Waals surface area contributed by atoms with Crippen LogP contribution in [0.15, 0.2) is 59.1 Å². The summed E-state index contributed by atoms with van der Waals surface area (Å²) in [6.07, 6.45) is 0.693. The van der Waals surface area contributed by atoms with Crippen molar-refractivity contribution in [2.24, 2.45) is 5.73 Å². The average molecular weight is 463 g/mol. The monoisotopic (exact) mass is 462 g/mol. The van der Waals surface area contributed by atoms with Gasteiger partial charge in [0.1, 0.15) is 0 Å². The smallest absolute Gasteiger partial charge is 0.317 e. The van der Waals surface area contributed by atoms with Gasteiger partial charge in [-0.1, -0.05) is 58.4 Å². The summed E-state index contributed by atoms with van der Waals surface area (Å²) in [5, 5.41) is 18.0. The molecule has 0 aromatic heterocycles. The van der Waals surface area contributed by atoms with Gasteiger partial charge in [0.15, 0.2) is 0 Å². The number of nitrogens with zero attached hydrogens (tertiary/aromatic N) is 1. The van der Waals surface area contributed by atoms with E-state index in [-0.39, 0.29) is 19.6 Å². The Hall–Kier alpha value is -2.71. The molecule has 1 atom stereocenters. The zero-order valence-electron chi connectivity index (χ0n) is 15.8. The molecular formula is C21H23BrN2O5. The molecule has 29 heavy (non-hydrogen) atoms. The van der Waals surface area contributed by atoms with Gasteiger partial charge in [-0.05, 0) is 42.6 Å². The molecule has 0 heterocycles. The Kier molecular flexibility index (Phi) is 7.92. The van der Waals surface area contributed by atoms with Crippen LogP contribution >= 0.6 is 15.9 Å². The standard InChI is InChI=1S/C21H23BrN2O5/c22-17-9-7-16(8-10-17)21(20(23)29,15-5-2-1-3-6-15)11-4-12-24(13-18(25)26)14-19(27)28/h1-3,5-10H,4,11-14H2,(H2,23,29)(H,25,26)(H,27,28). The summed E-state index contributed by atoms with van der Waals surface area (Å²) in [6, 6.07) is 16.5. The number of carboxylic acid groups (broad SMARTS) is 2. The first-order valence-electron chi connectivity index (χ1n) is 9.03. The normalized spacial score (nSPS) is 13.0. The van der Waals surface area contributed by atoms with E-state index in [1.807, 2.05) is 54.6 Å². The molecular weight excluding hydrogens is 440 g/mol. The molecule has 1 unspecified atom stereocenters. The van der Waals surface area contributed by atoms with Crippen LogP contribution in [0, 0.1) is 0 Å². The lowest BCUT2D eigenvalue weighted by Crippen LogP contribution is -2.43. The number of carbonyl (C=O) groups excluding carboxylic acids is 1. The van der Waals surface area contributed by atoms with Gasteiger partial charge in [-0.3, -0.25) is 19.3 Å². The SMILES string of the molecule is NC(=O)C(CCCN(CC(=O)O)CC(=O)O)(c1ccccc1)c1ccc(Br)cc1. The molecule has 0 spiro atoms. The number of hydrogen-bond donors (Lipinski definition) is 3. The number of carboxylic acids is 2. The molecule has 0 saturated carbocycles. The van der Waals surface area contributed by atoms with Crippen LogP contribution in [0.25, 0.3) is 0 Å².